The van der Waals surface area contributed by atoms with Gasteiger partial charge in [0.15, 0.2) is 0 Å². The number of ether oxygens (including phenoxy) is 2. The van der Waals surface area contributed by atoms with Crippen LogP contribution in [0.3, 0.4) is 0 Å². The number of aryl methyl sites for hydroxylation is 1. The van der Waals surface area contributed by atoms with Gasteiger partial charge in [0, 0.05) is 27.0 Å². The van der Waals surface area contributed by atoms with Gasteiger partial charge in [-0.3, -0.25) is 0 Å². The number of thiophene rings is 1. The average molecular weight is 432 g/mol. The van der Waals surface area contributed by atoms with E-state index >= 15 is 0 Å². The van der Waals surface area contributed by atoms with Crippen LogP contribution < -0.4 is 0 Å². The van der Waals surface area contributed by atoms with E-state index in [9.17, 15) is 20.4 Å². The number of aliphatic hydroxyl groups is 4. The molecule has 0 radical (unpaired) electrons. The van der Waals surface area contributed by atoms with Crippen LogP contribution in [-0.4, -0.2) is 56.0 Å². The third-order valence-corrected chi connectivity index (χ3v) is 7.37. The summed E-state index contributed by atoms with van der Waals surface area (Å²) in [6.07, 6.45) is -2.39. The molecule has 2 aliphatic rings. The van der Waals surface area contributed by atoms with Crippen molar-refractivity contribution < 1.29 is 29.9 Å². The first kappa shape index (κ1) is 20.1. The Bertz CT molecular complexity index is 1070. The van der Waals surface area contributed by atoms with Crippen molar-refractivity contribution in [3.8, 4) is 0 Å². The summed E-state index contributed by atoms with van der Waals surface area (Å²) in [5.41, 5.74) is 2.43. The van der Waals surface area contributed by atoms with Crippen molar-refractivity contribution in [2.45, 2.75) is 56.7 Å². The van der Waals surface area contributed by atoms with Gasteiger partial charge in [0.1, 0.15) is 24.4 Å². The van der Waals surface area contributed by atoms with Crippen LogP contribution in [0, 0.1) is 0 Å². The topological polar surface area (TPSA) is 104 Å². The third-order valence-electron chi connectivity index (χ3n) is 6.16. The van der Waals surface area contributed by atoms with Crippen LogP contribution in [0.4, 0.5) is 0 Å². The highest BCUT2D eigenvalue weighted by Gasteiger charge is 2.58. The molecule has 0 saturated carbocycles. The summed E-state index contributed by atoms with van der Waals surface area (Å²) in [5, 5.41) is 41.9. The van der Waals surface area contributed by atoms with Gasteiger partial charge in [-0.1, -0.05) is 6.92 Å². The normalized spacial score (nSPS) is 31.0. The first-order valence-corrected chi connectivity index (χ1v) is 10.9. The largest absolute Gasteiger partial charge is 0.394 e. The van der Waals surface area contributed by atoms with Crippen molar-refractivity contribution in [2.24, 2.45) is 0 Å². The molecule has 5 rings (SSSR count). The van der Waals surface area contributed by atoms with Gasteiger partial charge >= 0.3 is 0 Å². The molecule has 30 heavy (non-hydrogen) atoms. The number of aliphatic hydroxyl groups excluding tert-OH is 4. The van der Waals surface area contributed by atoms with Gasteiger partial charge in [-0.15, -0.1) is 11.3 Å². The zero-order valence-electron chi connectivity index (χ0n) is 16.6. The molecule has 8 heteroatoms. The smallest absolute Gasteiger partial charge is 0.225 e. The molecule has 0 amide bonds. The van der Waals surface area contributed by atoms with E-state index in [2.05, 4.69) is 23.6 Å². The lowest BCUT2D eigenvalue weighted by molar-refractivity contribution is -0.368. The molecule has 160 valence electrons. The number of hydrogen-bond acceptors (Lipinski definition) is 7. The Kier molecular flexibility index (Phi) is 4.98. The Morgan fingerprint density at radius 2 is 1.93 bits per heavy atom. The number of nitrogens with zero attached hydrogens (tertiary/aromatic N) is 1. The first-order chi connectivity index (χ1) is 14.5. The Hall–Kier alpha value is -1.78. The van der Waals surface area contributed by atoms with E-state index in [4.69, 9.17) is 9.47 Å². The molecule has 5 atom stereocenters. The van der Waals surface area contributed by atoms with Gasteiger partial charge in [0.25, 0.3) is 0 Å². The first-order valence-electron chi connectivity index (χ1n) is 10.1. The number of fused-ring (bicyclic) bond motifs is 3. The summed E-state index contributed by atoms with van der Waals surface area (Å²) in [6.45, 7) is 2.58. The Morgan fingerprint density at radius 1 is 1.13 bits per heavy atom. The monoisotopic (exact) mass is 431 g/mol. The molecular formula is C22H25NO6S. The molecule has 2 aliphatic heterocycles. The summed E-state index contributed by atoms with van der Waals surface area (Å²) in [6, 6.07) is 10.3. The molecule has 1 spiro atoms. The van der Waals surface area contributed by atoms with E-state index in [-0.39, 0.29) is 6.61 Å². The standard InChI is InChI=1S/C22H25NO6S/c1-2-14-3-4-15(30-14)9-23-6-5-12-7-13-11-28-22(16(13)8-17(12)23)21(27)20(26)19(25)18(10-24)29-22/h3-8,18-21,24-27H,2,9-11H2,1H3/t18-,19-,20+,21-,22+/m1/s1. The zero-order chi connectivity index (χ0) is 21.0. The van der Waals surface area contributed by atoms with Crippen LogP contribution >= 0.6 is 11.3 Å². The maximum Gasteiger partial charge on any atom is 0.225 e. The molecular weight excluding hydrogens is 406 g/mol. The maximum absolute atomic E-state index is 10.8. The van der Waals surface area contributed by atoms with Gasteiger partial charge < -0.3 is 34.5 Å². The highest BCUT2D eigenvalue weighted by molar-refractivity contribution is 7.11. The van der Waals surface area contributed by atoms with Crippen molar-refractivity contribution in [1.29, 1.82) is 0 Å². The Labute approximate surface area is 177 Å². The van der Waals surface area contributed by atoms with Gasteiger partial charge in [0.2, 0.25) is 5.79 Å². The SMILES string of the molecule is CCc1ccc(Cn2ccc3cc4c(cc32)[C@]2(OC4)O[C@H](CO)[C@@H](O)[C@H](O)[C@H]2O)s1. The Balaban J connectivity index is 1.56. The van der Waals surface area contributed by atoms with Gasteiger partial charge in [0.05, 0.1) is 19.8 Å². The predicted octanol–water partition coefficient (Wildman–Crippen LogP) is 1.47. The lowest BCUT2D eigenvalue weighted by Gasteiger charge is -2.46. The van der Waals surface area contributed by atoms with Crippen molar-refractivity contribution in [3.05, 3.63) is 57.4 Å². The second-order valence-electron chi connectivity index (χ2n) is 7.95. The minimum atomic E-state index is -1.62. The fourth-order valence-electron chi connectivity index (χ4n) is 4.48. The number of aromatic nitrogens is 1. The van der Waals surface area contributed by atoms with Crippen LogP contribution in [0.25, 0.3) is 10.9 Å². The second-order valence-corrected chi connectivity index (χ2v) is 9.21. The van der Waals surface area contributed by atoms with E-state index in [1.807, 2.05) is 24.4 Å². The second kappa shape index (κ2) is 7.42. The number of benzene rings is 1. The van der Waals surface area contributed by atoms with Crippen LogP contribution in [0.1, 0.15) is 27.8 Å². The number of hydrogen-bond donors (Lipinski definition) is 4. The minimum absolute atomic E-state index is 0.208. The van der Waals surface area contributed by atoms with Crippen molar-refractivity contribution in [3.63, 3.8) is 0 Å². The van der Waals surface area contributed by atoms with Gasteiger partial charge in [-0.25, -0.2) is 0 Å². The lowest BCUT2D eigenvalue weighted by Crippen LogP contribution is -2.63. The molecule has 1 aromatic carbocycles. The highest BCUT2D eigenvalue weighted by Crippen LogP contribution is 2.47. The summed E-state index contributed by atoms with van der Waals surface area (Å²) < 4.78 is 13.9. The lowest BCUT2D eigenvalue weighted by atomic mass is 9.87. The summed E-state index contributed by atoms with van der Waals surface area (Å²) in [7, 11) is 0. The van der Waals surface area contributed by atoms with Crippen LogP contribution in [0.2, 0.25) is 0 Å². The summed E-state index contributed by atoms with van der Waals surface area (Å²) in [5.74, 6) is -1.62. The molecule has 1 fully saturated rings. The number of rotatable bonds is 4. The van der Waals surface area contributed by atoms with Crippen LogP contribution in [-0.2, 0) is 34.8 Å². The molecule has 2 aromatic heterocycles. The maximum atomic E-state index is 10.8. The third kappa shape index (κ3) is 2.95. The van der Waals surface area contributed by atoms with Gasteiger partial charge in [-0.2, -0.15) is 0 Å². The van der Waals surface area contributed by atoms with Crippen molar-refractivity contribution >= 4 is 22.2 Å². The molecule has 0 bridgehead atoms. The average Bonchev–Trinajstić information content (AvgIpc) is 3.47. The van der Waals surface area contributed by atoms with Crippen molar-refractivity contribution in [1.82, 2.24) is 4.57 Å². The van der Waals surface area contributed by atoms with Crippen LogP contribution in [0.15, 0.2) is 36.5 Å². The molecule has 3 aromatic rings. The quantitative estimate of drug-likeness (QED) is 0.499. The summed E-state index contributed by atoms with van der Waals surface area (Å²) in [4.78, 5) is 2.60. The van der Waals surface area contributed by atoms with Crippen molar-refractivity contribution in [2.75, 3.05) is 6.61 Å². The highest BCUT2D eigenvalue weighted by atomic mass is 32.1. The molecule has 4 N–H and O–H groups in total. The van der Waals surface area contributed by atoms with E-state index in [0.717, 1.165) is 29.4 Å². The van der Waals surface area contributed by atoms with E-state index in [1.54, 1.807) is 11.3 Å². The zero-order valence-corrected chi connectivity index (χ0v) is 17.4. The molecule has 4 heterocycles. The van der Waals surface area contributed by atoms with Crippen LogP contribution in [0.5, 0.6) is 0 Å². The fraction of sp³-hybridized carbons (Fsp3) is 0.455. The molecule has 7 nitrogen and oxygen atoms in total. The van der Waals surface area contributed by atoms with E-state index in [1.165, 1.54) is 9.75 Å². The minimum Gasteiger partial charge on any atom is -0.394 e. The Morgan fingerprint density at radius 3 is 2.67 bits per heavy atom. The predicted molar refractivity (Wildman–Crippen MR) is 111 cm³/mol. The van der Waals surface area contributed by atoms with E-state index in [0.29, 0.717) is 5.56 Å². The fourth-order valence-corrected chi connectivity index (χ4v) is 5.43. The summed E-state index contributed by atoms with van der Waals surface area (Å²) >= 11 is 1.79. The van der Waals surface area contributed by atoms with E-state index < -0.39 is 36.8 Å². The molecule has 0 unspecified atom stereocenters. The molecule has 0 aliphatic carbocycles. The molecule has 1 saturated heterocycles. The van der Waals surface area contributed by atoms with Gasteiger partial charge in [-0.05, 0) is 47.7 Å².